The van der Waals surface area contributed by atoms with E-state index in [1.165, 1.54) is 0 Å². The van der Waals surface area contributed by atoms with Gasteiger partial charge in [-0.2, -0.15) is 0 Å². The third-order valence-electron chi connectivity index (χ3n) is 3.04. The van der Waals surface area contributed by atoms with Crippen molar-refractivity contribution < 1.29 is 5.11 Å². The van der Waals surface area contributed by atoms with E-state index in [1.54, 1.807) is 0 Å². The first-order valence-corrected chi connectivity index (χ1v) is 5.98. The Kier molecular flexibility index (Phi) is 2.61. The van der Waals surface area contributed by atoms with Gasteiger partial charge >= 0.3 is 0 Å². The van der Waals surface area contributed by atoms with E-state index in [1.807, 2.05) is 28.8 Å². The summed E-state index contributed by atoms with van der Waals surface area (Å²) in [5, 5.41) is 18.7. The van der Waals surface area contributed by atoms with Gasteiger partial charge < -0.3 is 9.67 Å². The first-order chi connectivity index (χ1) is 8.25. The Morgan fingerprint density at radius 2 is 2.12 bits per heavy atom. The van der Waals surface area contributed by atoms with Crippen molar-refractivity contribution in [1.29, 1.82) is 0 Å². The lowest BCUT2D eigenvalue weighted by Crippen LogP contribution is -2.24. The monoisotopic (exact) mass is 249 g/mol. The Morgan fingerprint density at radius 3 is 2.94 bits per heavy atom. The van der Waals surface area contributed by atoms with Crippen molar-refractivity contribution in [2.45, 2.75) is 25.5 Å². The second kappa shape index (κ2) is 4.13. The average molecular weight is 250 g/mol. The Labute approximate surface area is 104 Å². The molecule has 0 fully saturated rings. The van der Waals surface area contributed by atoms with Crippen molar-refractivity contribution in [1.82, 2.24) is 14.8 Å². The molecule has 1 aliphatic heterocycles. The standard InChI is InChI=1S/C12H12ClN3O/c13-10-4-2-1-3-9(10)12-15-14-11-6-5-8(17)7-16(11)12/h1-4,8,17H,5-7H2. The number of aryl methyl sites for hydroxylation is 1. The molecule has 88 valence electrons. The molecule has 0 amide bonds. The number of aliphatic hydroxyl groups excluding tert-OH is 1. The van der Waals surface area contributed by atoms with E-state index < -0.39 is 0 Å². The number of aromatic nitrogens is 3. The summed E-state index contributed by atoms with van der Waals surface area (Å²) < 4.78 is 1.95. The Balaban J connectivity index is 2.11. The molecule has 1 atom stereocenters. The molecule has 2 heterocycles. The van der Waals surface area contributed by atoms with Crippen LogP contribution in [-0.2, 0) is 13.0 Å². The molecular formula is C12H12ClN3O. The maximum Gasteiger partial charge on any atom is 0.165 e. The van der Waals surface area contributed by atoms with Gasteiger partial charge in [0.15, 0.2) is 5.82 Å². The molecular weight excluding hydrogens is 238 g/mol. The van der Waals surface area contributed by atoms with Crippen LogP contribution in [0.2, 0.25) is 5.02 Å². The third-order valence-corrected chi connectivity index (χ3v) is 3.37. The summed E-state index contributed by atoms with van der Waals surface area (Å²) in [5.74, 6) is 1.66. The van der Waals surface area contributed by atoms with Gasteiger partial charge in [0.2, 0.25) is 0 Å². The molecule has 1 aromatic heterocycles. The van der Waals surface area contributed by atoms with Crippen molar-refractivity contribution in [2.24, 2.45) is 0 Å². The number of rotatable bonds is 1. The molecule has 3 rings (SSSR count). The summed E-state index contributed by atoms with van der Waals surface area (Å²) in [5.41, 5.74) is 0.863. The maximum atomic E-state index is 9.71. The quantitative estimate of drug-likeness (QED) is 0.840. The highest BCUT2D eigenvalue weighted by atomic mass is 35.5. The minimum absolute atomic E-state index is 0.320. The summed E-state index contributed by atoms with van der Waals surface area (Å²) in [6, 6.07) is 7.55. The van der Waals surface area contributed by atoms with Crippen molar-refractivity contribution >= 4 is 11.6 Å². The summed E-state index contributed by atoms with van der Waals surface area (Å²) in [6.07, 6.45) is 1.19. The van der Waals surface area contributed by atoms with Crippen molar-refractivity contribution in [3.05, 3.63) is 35.1 Å². The van der Waals surface area contributed by atoms with Gasteiger partial charge in [0, 0.05) is 12.0 Å². The molecule has 0 aliphatic carbocycles. The van der Waals surface area contributed by atoms with E-state index in [0.29, 0.717) is 11.6 Å². The lowest BCUT2D eigenvalue weighted by atomic mass is 10.1. The van der Waals surface area contributed by atoms with Crippen LogP contribution in [0.1, 0.15) is 12.2 Å². The highest BCUT2D eigenvalue weighted by Crippen LogP contribution is 2.28. The second-order valence-corrected chi connectivity index (χ2v) is 4.63. The predicted molar refractivity (Wildman–Crippen MR) is 64.8 cm³/mol. The van der Waals surface area contributed by atoms with Gasteiger partial charge in [-0.25, -0.2) is 0 Å². The molecule has 0 saturated heterocycles. The van der Waals surface area contributed by atoms with E-state index in [4.69, 9.17) is 11.6 Å². The highest BCUT2D eigenvalue weighted by molar-refractivity contribution is 6.33. The number of benzene rings is 1. The smallest absolute Gasteiger partial charge is 0.165 e. The predicted octanol–water partition coefficient (Wildman–Crippen LogP) is 1.91. The molecule has 0 spiro atoms. The fraction of sp³-hybridized carbons (Fsp3) is 0.333. The van der Waals surface area contributed by atoms with E-state index in [-0.39, 0.29) is 6.10 Å². The first kappa shape index (κ1) is 10.7. The normalized spacial score (nSPS) is 19.1. The van der Waals surface area contributed by atoms with Gasteiger partial charge in [-0.15, -0.1) is 10.2 Å². The minimum Gasteiger partial charge on any atom is -0.391 e. The summed E-state index contributed by atoms with van der Waals surface area (Å²) in [4.78, 5) is 0. The molecule has 1 N–H and O–H groups in total. The number of aliphatic hydroxyl groups is 1. The number of hydrogen-bond acceptors (Lipinski definition) is 3. The fourth-order valence-electron chi connectivity index (χ4n) is 2.15. The molecule has 1 unspecified atom stereocenters. The zero-order chi connectivity index (χ0) is 11.8. The van der Waals surface area contributed by atoms with Gasteiger partial charge in [0.1, 0.15) is 5.82 Å². The molecule has 4 nitrogen and oxygen atoms in total. The van der Waals surface area contributed by atoms with Crippen LogP contribution < -0.4 is 0 Å². The van der Waals surface area contributed by atoms with E-state index >= 15 is 0 Å². The maximum absolute atomic E-state index is 9.71. The molecule has 1 aromatic carbocycles. The van der Waals surface area contributed by atoms with Crippen LogP contribution in [0, 0.1) is 0 Å². The average Bonchev–Trinajstić information content (AvgIpc) is 2.72. The van der Waals surface area contributed by atoms with Crippen LogP contribution in [0.15, 0.2) is 24.3 Å². The van der Waals surface area contributed by atoms with Crippen molar-refractivity contribution in [3.63, 3.8) is 0 Å². The van der Waals surface area contributed by atoms with Gasteiger partial charge in [0.25, 0.3) is 0 Å². The van der Waals surface area contributed by atoms with E-state index in [2.05, 4.69) is 10.2 Å². The molecule has 0 bridgehead atoms. The molecule has 1 aliphatic rings. The topological polar surface area (TPSA) is 50.9 Å². The van der Waals surface area contributed by atoms with Gasteiger partial charge in [-0.05, 0) is 18.6 Å². The number of halogens is 1. The number of fused-ring (bicyclic) bond motifs is 1. The lowest BCUT2D eigenvalue weighted by Gasteiger charge is -2.20. The molecule has 2 aromatic rings. The SMILES string of the molecule is OC1CCc2nnc(-c3ccccc3Cl)n2C1. The molecule has 5 heteroatoms. The van der Waals surface area contributed by atoms with Gasteiger partial charge in [0.05, 0.1) is 17.7 Å². The van der Waals surface area contributed by atoms with Crippen molar-refractivity contribution in [2.75, 3.05) is 0 Å². The zero-order valence-corrected chi connectivity index (χ0v) is 9.93. The first-order valence-electron chi connectivity index (χ1n) is 5.61. The number of nitrogens with zero attached hydrogens (tertiary/aromatic N) is 3. The van der Waals surface area contributed by atoms with Crippen LogP contribution >= 0.6 is 11.6 Å². The van der Waals surface area contributed by atoms with Gasteiger partial charge in [-0.1, -0.05) is 23.7 Å². The van der Waals surface area contributed by atoms with E-state index in [0.717, 1.165) is 30.1 Å². The zero-order valence-electron chi connectivity index (χ0n) is 9.17. The third kappa shape index (κ3) is 1.83. The summed E-state index contributed by atoms with van der Waals surface area (Å²) in [6.45, 7) is 0.545. The van der Waals surface area contributed by atoms with E-state index in [9.17, 15) is 5.11 Å². The molecule has 17 heavy (non-hydrogen) atoms. The molecule has 0 radical (unpaired) electrons. The van der Waals surface area contributed by atoms with Crippen LogP contribution in [0.3, 0.4) is 0 Å². The van der Waals surface area contributed by atoms with Gasteiger partial charge in [-0.3, -0.25) is 0 Å². The Bertz CT molecular complexity index is 552. The number of hydrogen-bond donors (Lipinski definition) is 1. The van der Waals surface area contributed by atoms with Crippen LogP contribution in [0.25, 0.3) is 11.4 Å². The largest absolute Gasteiger partial charge is 0.391 e. The van der Waals surface area contributed by atoms with Crippen LogP contribution in [-0.4, -0.2) is 26.0 Å². The Hall–Kier alpha value is -1.39. The summed E-state index contributed by atoms with van der Waals surface area (Å²) in [7, 11) is 0. The van der Waals surface area contributed by atoms with Crippen molar-refractivity contribution in [3.8, 4) is 11.4 Å². The fourth-order valence-corrected chi connectivity index (χ4v) is 2.37. The second-order valence-electron chi connectivity index (χ2n) is 4.22. The van der Waals surface area contributed by atoms with Crippen LogP contribution in [0.5, 0.6) is 0 Å². The molecule has 0 saturated carbocycles. The minimum atomic E-state index is -0.320. The van der Waals surface area contributed by atoms with Crippen LogP contribution in [0.4, 0.5) is 0 Å². The lowest BCUT2D eigenvalue weighted by molar-refractivity contribution is 0.131. The summed E-state index contributed by atoms with van der Waals surface area (Å²) >= 11 is 6.15. The Morgan fingerprint density at radius 1 is 1.29 bits per heavy atom. The highest BCUT2D eigenvalue weighted by Gasteiger charge is 2.22.